The van der Waals surface area contributed by atoms with Crippen LogP contribution in [0.2, 0.25) is 0 Å². The number of sulfonamides is 1. The number of nitrogens with two attached hydrogens (primary N) is 1. The molecule has 112 valence electrons. The van der Waals surface area contributed by atoms with Crippen molar-refractivity contribution in [2.24, 2.45) is 10.1 Å². The van der Waals surface area contributed by atoms with Gasteiger partial charge in [0.1, 0.15) is 10.6 Å². The molecular formula is C12H20N4O3S. The average molecular weight is 300 g/mol. The molecule has 0 aromatic heterocycles. The van der Waals surface area contributed by atoms with Crippen LogP contribution < -0.4 is 20.5 Å². The van der Waals surface area contributed by atoms with Gasteiger partial charge in [-0.2, -0.15) is 0 Å². The minimum Gasteiger partial charge on any atom is -0.495 e. The van der Waals surface area contributed by atoms with Crippen LogP contribution in [0.1, 0.15) is 5.56 Å². The lowest BCUT2D eigenvalue weighted by molar-refractivity contribution is 0.402. The molecule has 0 aliphatic carbocycles. The van der Waals surface area contributed by atoms with Gasteiger partial charge in [0.2, 0.25) is 10.0 Å². The molecule has 8 heteroatoms. The van der Waals surface area contributed by atoms with E-state index in [-0.39, 0.29) is 10.6 Å². The molecular weight excluding hydrogens is 280 g/mol. The van der Waals surface area contributed by atoms with Crippen LogP contribution in [0.5, 0.6) is 5.75 Å². The van der Waals surface area contributed by atoms with Gasteiger partial charge in [0.15, 0.2) is 5.96 Å². The molecule has 0 fully saturated rings. The predicted octanol–water partition coefficient (Wildman–Crippen LogP) is -0.320. The average Bonchev–Trinajstić information content (AvgIpc) is 2.42. The van der Waals surface area contributed by atoms with Crippen LogP contribution in [0.4, 0.5) is 0 Å². The maximum Gasteiger partial charge on any atom is 0.241 e. The first kappa shape index (κ1) is 16.3. The number of ether oxygens (including phenoxy) is 1. The summed E-state index contributed by atoms with van der Waals surface area (Å²) in [6.07, 6.45) is 0.632. The zero-order chi connectivity index (χ0) is 15.2. The molecule has 0 amide bonds. The molecule has 1 aromatic carbocycles. The smallest absolute Gasteiger partial charge is 0.241 e. The fourth-order valence-corrected chi connectivity index (χ4v) is 2.45. The molecule has 20 heavy (non-hydrogen) atoms. The SMILES string of the molecule is CN=C(NC)NCCc1ccc(OC)c(S(N)(=O)=O)c1. The van der Waals surface area contributed by atoms with Crippen molar-refractivity contribution >= 4 is 16.0 Å². The molecule has 0 aliphatic heterocycles. The number of nitrogens with one attached hydrogen (secondary N) is 2. The third-order valence-electron chi connectivity index (χ3n) is 2.70. The molecule has 1 aromatic rings. The van der Waals surface area contributed by atoms with E-state index < -0.39 is 10.0 Å². The van der Waals surface area contributed by atoms with Gasteiger partial charge >= 0.3 is 0 Å². The van der Waals surface area contributed by atoms with Crippen molar-refractivity contribution in [3.05, 3.63) is 23.8 Å². The minimum absolute atomic E-state index is 0.00417. The van der Waals surface area contributed by atoms with Crippen LogP contribution in [-0.4, -0.2) is 42.1 Å². The predicted molar refractivity (Wildman–Crippen MR) is 78.5 cm³/mol. The Kier molecular flexibility index (Phi) is 5.78. The van der Waals surface area contributed by atoms with E-state index in [9.17, 15) is 8.42 Å². The van der Waals surface area contributed by atoms with Crippen molar-refractivity contribution in [2.75, 3.05) is 27.7 Å². The number of rotatable bonds is 5. The Balaban J connectivity index is 2.83. The van der Waals surface area contributed by atoms with Crippen LogP contribution in [0.3, 0.4) is 0 Å². The molecule has 0 saturated heterocycles. The first-order valence-electron chi connectivity index (χ1n) is 6.00. The fourth-order valence-electron chi connectivity index (χ4n) is 1.70. The van der Waals surface area contributed by atoms with Gasteiger partial charge in [-0.25, -0.2) is 13.6 Å². The van der Waals surface area contributed by atoms with Crippen LogP contribution >= 0.6 is 0 Å². The van der Waals surface area contributed by atoms with Gasteiger partial charge in [-0.1, -0.05) is 6.07 Å². The van der Waals surface area contributed by atoms with Crippen molar-refractivity contribution in [3.8, 4) is 5.75 Å². The summed E-state index contributed by atoms with van der Waals surface area (Å²) in [7, 11) is 1.04. The third-order valence-corrected chi connectivity index (χ3v) is 3.63. The zero-order valence-corrected chi connectivity index (χ0v) is 12.6. The second kappa shape index (κ2) is 7.11. The van der Waals surface area contributed by atoms with E-state index in [0.717, 1.165) is 5.56 Å². The second-order valence-corrected chi connectivity index (χ2v) is 5.56. The fraction of sp³-hybridized carbons (Fsp3) is 0.417. The van der Waals surface area contributed by atoms with Crippen molar-refractivity contribution in [1.82, 2.24) is 10.6 Å². The Hall–Kier alpha value is -1.80. The maximum atomic E-state index is 11.5. The van der Waals surface area contributed by atoms with Crippen molar-refractivity contribution in [3.63, 3.8) is 0 Å². The Labute approximate surface area is 119 Å². The molecule has 0 saturated carbocycles. The summed E-state index contributed by atoms with van der Waals surface area (Å²) in [5.74, 6) is 0.917. The van der Waals surface area contributed by atoms with Crippen molar-refractivity contribution in [1.29, 1.82) is 0 Å². The van der Waals surface area contributed by atoms with E-state index in [1.54, 1.807) is 26.2 Å². The number of primary sulfonamides is 1. The van der Waals surface area contributed by atoms with Crippen LogP contribution in [-0.2, 0) is 16.4 Å². The molecule has 0 heterocycles. The molecule has 0 aliphatic rings. The van der Waals surface area contributed by atoms with Gasteiger partial charge in [-0.05, 0) is 24.1 Å². The zero-order valence-electron chi connectivity index (χ0n) is 11.8. The largest absolute Gasteiger partial charge is 0.495 e. The summed E-state index contributed by atoms with van der Waals surface area (Å²) in [4.78, 5) is 3.98. The number of nitrogens with zero attached hydrogens (tertiary/aromatic N) is 1. The Bertz CT molecular complexity index is 584. The quantitative estimate of drug-likeness (QED) is 0.510. The number of methoxy groups -OCH3 is 1. The summed E-state index contributed by atoms with van der Waals surface area (Å²) in [6.45, 7) is 0.615. The molecule has 4 N–H and O–H groups in total. The van der Waals surface area contributed by atoms with Gasteiger partial charge in [-0.3, -0.25) is 4.99 Å². The van der Waals surface area contributed by atoms with Gasteiger partial charge in [0, 0.05) is 20.6 Å². The Morgan fingerprint density at radius 1 is 1.45 bits per heavy atom. The van der Waals surface area contributed by atoms with E-state index in [4.69, 9.17) is 9.88 Å². The number of hydrogen-bond acceptors (Lipinski definition) is 4. The highest BCUT2D eigenvalue weighted by atomic mass is 32.2. The lowest BCUT2D eigenvalue weighted by atomic mass is 10.1. The standard InChI is InChI=1S/C12H20N4O3S/c1-14-12(15-2)16-7-6-9-4-5-10(19-3)11(8-9)20(13,17)18/h4-5,8H,6-7H2,1-3H3,(H2,13,17,18)(H2,14,15,16). The molecule has 7 nitrogen and oxygen atoms in total. The topological polar surface area (TPSA) is 106 Å². The summed E-state index contributed by atoms with van der Waals surface area (Å²) < 4.78 is 28.0. The summed E-state index contributed by atoms with van der Waals surface area (Å²) in [6, 6.07) is 4.93. The van der Waals surface area contributed by atoms with Crippen molar-refractivity contribution < 1.29 is 13.2 Å². The first-order chi connectivity index (χ1) is 9.42. The molecule has 0 unspecified atom stereocenters. The Morgan fingerprint density at radius 3 is 2.65 bits per heavy atom. The summed E-state index contributed by atoms with van der Waals surface area (Å²) in [5.41, 5.74) is 0.842. The van der Waals surface area contributed by atoms with Crippen LogP contribution in [0.15, 0.2) is 28.1 Å². The van der Waals surface area contributed by atoms with E-state index >= 15 is 0 Å². The van der Waals surface area contributed by atoms with E-state index in [2.05, 4.69) is 15.6 Å². The van der Waals surface area contributed by atoms with Gasteiger partial charge in [0.05, 0.1) is 7.11 Å². The molecule has 0 radical (unpaired) electrons. The molecule has 0 spiro atoms. The normalized spacial score (nSPS) is 12.1. The maximum absolute atomic E-state index is 11.5. The molecule has 0 bridgehead atoms. The van der Waals surface area contributed by atoms with Crippen LogP contribution in [0.25, 0.3) is 0 Å². The van der Waals surface area contributed by atoms with Crippen LogP contribution in [0, 0.1) is 0 Å². The van der Waals surface area contributed by atoms with E-state index in [0.29, 0.717) is 18.9 Å². The monoisotopic (exact) mass is 300 g/mol. The lowest BCUT2D eigenvalue weighted by Gasteiger charge is -2.11. The third kappa shape index (κ3) is 4.39. The number of guanidine groups is 1. The highest BCUT2D eigenvalue weighted by molar-refractivity contribution is 7.89. The van der Waals surface area contributed by atoms with Gasteiger partial charge < -0.3 is 15.4 Å². The Morgan fingerprint density at radius 2 is 2.15 bits per heavy atom. The van der Waals surface area contributed by atoms with Gasteiger partial charge in [-0.15, -0.1) is 0 Å². The lowest BCUT2D eigenvalue weighted by Crippen LogP contribution is -2.35. The van der Waals surface area contributed by atoms with E-state index in [1.807, 2.05) is 0 Å². The highest BCUT2D eigenvalue weighted by Crippen LogP contribution is 2.23. The van der Waals surface area contributed by atoms with Gasteiger partial charge in [0.25, 0.3) is 0 Å². The molecule has 0 atom stereocenters. The molecule has 1 rings (SSSR count). The number of benzene rings is 1. The first-order valence-corrected chi connectivity index (χ1v) is 7.55. The summed E-state index contributed by atoms with van der Waals surface area (Å²) in [5, 5.41) is 11.1. The highest BCUT2D eigenvalue weighted by Gasteiger charge is 2.15. The van der Waals surface area contributed by atoms with Crippen molar-refractivity contribution in [2.45, 2.75) is 11.3 Å². The number of hydrogen-bond donors (Lipinski definition) is 3. The minimum atomic E-state index is -3.80. The second-order valence-electron chi connectivity index (χ2n) is 4.03. The van der Waals surface area contributed by atoms with E-state index in [1.165, 1.54) is 13.2 Å². The number of aliphatic imine (C=N–C) groups is 1. The summed E-state index contributed by atoms with van der Waals surface area (Å²) >= 11 is 0.